The first-order valence-electron chi connectivity index (χ1n) is 6.41. The lowest BCUT2D eigenvalue weighted by Gasteiger charge is -2.30. The SMILES string of the molecule is CC1CCCN(C(=O)CSc2cccc(N)c2)C1. The van der Waals surface area contributed by atoms with Crippen LogP contribution in [0.4, 0.5) is 5.69 Å². The Morgan fingerprint density at radius 3 is 3.11 bits per heavy atom. The first kappa shape index (κ1) is 13.3. The van der Waals surface area contributed by atoms with E-state index in [1.165, 1.54) is 6.42 Å². The Bertz CT molecular complexity index is 422. The van der Waals surface area contributed by atoms with Crippen molar-refractivity contribution in [1.29, 1.82) is 0 Å². The molecule has 1 saturated heterocycles. The molecule has 0 radical (unpaired) electrons. The molecule has 0 aromatic heterocycles. The minimum atomic E-state index is 0.244. The van der Waals surface area contributed by atoms with Crippen molar-refractivity contribution >= 4 is 23.4 Å². The number of nitrogen functional groups attached to an aromatic ring is 1. The van der Waals surface area contributed by atoms with E-state index in [9.17, 15) is 4.79 Å². The lowest BCUT2D eigenvalue weighted by Crippen LogP contribution is -2.40. The van der Waals surface area contributed by atoms with Crippen LogP contribution in [0.1, 0.15) is 19.8 Å². The zero-order valence-electron chi connectivity index (χ0n) is 10.8. The Kier molecular flexibility index (Phi) is 4.53. The lowest BCUT2D eigenvalue weighted by atomic mass is 10.0. The maximum Gasteiger partial charge on any atom is 0.232 e. The topological polar surface area (TPSA) is 46.3 Å². The fraction of sp³-hybridized carbons (Fsp3) is 0.500. The van der Waals surface area contributed by atoms with Crippen molar-refractivity contribution in [3.8, 4) is 0 Å². The molecule has 2 rings (SSSR count). The van der Waals surface area contributed by atoms with Gasteiger partial charge in [-0.05, 0) is 37.0 Å². The van der Waals surface area contributed by atoms with E-state index in [1.54, 1.807) is 11.8 Å². The second kappa shape index (κ2) is 6.14. The van der Waals surface area contributed by atoms with Gasteiger partial charge in [-0.25, -0.2) is 0 Å². The Morgan fingerprint density at radius 2 is 2.39 bits per heavy atom. The van der Waals surface area contributed by atoms with E-state index in [1.807, 2.05) is 29.2 Å². The summed E-state index contributed by atoms with van der Waals surface area (Å²) >= 11 is 1.57. The van der Waals surface area contributed by atoms with Gasteiger partial charge in [0.15, 0.2) is 0 Å². The molecule has 2 N–H and O–H groups in total. The van der Waals surface area contributed by atoms with Crippen LogP contribution in [0.15, 0.2) is 29.2 Å². The van der Waals surface area contributed by atoms with Gasteiger partial charge in [0.05, 0.1) is 5.75 Å². The number of hydrogen-bond acceptors (Lipinski definition) is 3. The first-order chi connectivity index (χ1) is 8.65. The summed E-state index contributed by atoms with van der Waals surface area (Å²) in [4.78, 5) is 15.1. The number of benzene rings is 1. The molecular weight excluding hydrogens is 244 g/mol. The maximum absolute atomic E-state index is 12.1. The number of piperidine rings is 1. The van der Waals surface area contributed by atoms with Crippen LogP contribution in [0.3, 0.4) is 0 Å². The van der Waals surface area contributed by atoms with Crippen LogP contribution in [0.5, 0.6) is 0 Å². The van der Waals surface area contributed by atoms with Gasteiger partial charge in [0.25, 0.3) is 0 Å². The van der Waals surface area contributed by atoms with E-state index >= 15 is 0 Å². The van der Waals surface area contributed by atoms with Gasteiger partial charge in [-0.15, -0.1) is 11.8 Å². The molecule has 0 bridgehead atoms. The van der Waals surface area contributed by atoms with Gasteiger partial charge in [0, 0.05) is 23.7 Å². The van der Waals surface area contributed by atoms with E-state index in [0.717, 1.165) is 30.1 Å². The van der Waals surface area contributed by atoms with E-state index < -0.39 is 0 Å². The lowest BCUT2D eigenvalue weighted by molar-refractivity contribution is -0.130. The third kappa shape index (κ3) is 3.67. The third-order valence-corrected chi connectivity index (χ3v) is 4.21. The summed E-state index contributed by atoms with van der Waals surface area (Å²) in [6.45, 7) is 4.04. The molecule has 1 amide bonds. The molecule has 0 aliphatic carbocycles. The highest BCUT2D eigenvalue weighted by molar-refractivity contribution is 8.00. The Balaban J connectivity index is 1.84. The number of anilines is 1. The fourth-order valence-electron chi connectivity index (χ4n) is 2.26. The minimum Gasteiger partial charge on any atom is -0.399 e. The van der Waals surface area contributed by atoms with Crippen LogP contribution >= 0.6 is 11.8 Å². The first-order valence-corrected chi connectivity index (χ1v) is 7.40. The number of thioether (sulfide) groups is 1. The zero-order valence-corrected chi connectivity index (χ0v) is 11.6. The third-order valence-electron chi connectivity index (χ3n) is 3.23. The predicted octanol–water partition coefficient (Wildman–Crippen LogP) is 2.62. The quantitative estimate of drug-likeness (QED) is 0.674. The van der Waals surface area contributed by atoms with Crippen LogP contribution < -0.4 is 5.73 Å². The second-order valence-corrected chi connectivity index (χ2v) is 6.00. The number of likely N-dealkylation sites (tertiary alicyclic amines) is 1. The van der Waals surface area contributed by atoms with Crippen molar-refractivity contribution in [1.82, 2.24) is 4.90 Å². The number of nitrogens with zero attached hydrogens (tertiary/aromatic N) is 1. The highest BCUT2D eigenvalue weighted by Gasteiger charge is 2.20. The zero-order chi connectivity index (χ0) is 13.0. The van der Waals surface area contributed by atoms with Crippen LogP contribution in [0.2, 0.25) is 0 Å². The van der Waals surface area contributed by atoms with E-state index in [-0.39, 0.29) is 5.91 Å². The molecule has 0 spiro atoms. The summed E-state index contributed by atoms with van der Waals surface area (Å²) in [6, 6.07) is 7.69. The number of rotatable bonds is 3. The predicted molar refractivity (Wildman–Crippen MR) is 76.6 cm³/mol. The largest absolute Gasteiger partial charge is 0.399 e. The summed E-state index contributed by atoms with van der Waals surface area (Å²) in [5.74, 6) is 1.39. The number of nitrogens with two attached hydrogens (primary N) is 1. The normalized spacial score (nSPS) is 19.8. The monoisotopic (exact) mass is 264 g/mol. The molecule has 98 valence electrons. The summed E-state index contributed by atoms with van der Waals surface area (Å²) in [5, 5.41) is 0. The van der Waals surface area contributed by atoms with Gasteiger partial charge in [-0.2, -0.15) is 0 Å². The summed E-state index contributed by atoms with van der Waals surface area (Å²) < 4.78 is 0. The Morgan fingerprint density at radius 1 is 1.56 bits per heavy atom. The Hall–Kier alpha value is -1.16. The Labute approximate surface area is 113 Å². The molecule has 1 aromatic rings. The average molecular weight is 264 g/mol. The summed E-state index contributed by atoms with van der Waals surface area (Å²) in [5.41, 5.74) is 6.47. The van der Waals surface area contributed by atoms with Crippen molar-refractivity contribution in [3.63, 3.8) is 0 Å². The molecule has 3 nitrogen and oxygen atoms in total. The number of carbonyl (C=O) groups is 1. The summed E-state index contributed by atoms with van der Waals surface area (Å²) in [6.07, 6.45) is 2.38. The van der Waals surface area contributed by atoms with Crippen LogP contribution in [0.25, 0.3) is 0 Å². The van der Waals surface area contributed by atoms with Crippen LogP contribution in [0, 0.1) is 5.92 Å². The van der Waals surface area contributed by atoms with Gasteiger partial charge >= 0.3 is 0 Å². The van der Waals surface area contributed by atoms with E-state index in [0.29, 0.717) is 11.7 Å². The molecule has 4 heteroatoms. The van der Waals surface area contributed by atoms with Crippen molar-refractivity contribution in [3.05, 3.63) is 24.3 Å². The molecule has 1 heterocycles. The molecule has 0 saturated carbocycles. The summed E-state index contributed by atoms with van der Waals surface area (Å²) in [7, 11) is 0. The maximum atomic E-state index is 12.1. The van der Waals surface area contributed by atoms with Crippen molar-refractivity contribution < 1.29 is 4.79 Å². The van der Waals surface area contributed by atoms with E-state index in [4.69, 9.17) is 5.73 Å². The number of amides is 1. The van der Waals surface area contributed by atoms with Gasteiger partial charge in [0.1, 0.15) is 0 Å². The van der Waals surface area contributed by atoms with Gasteiger partial charge in [-0.3, -0.25) is 4.79 Å². The second-order valence-electron chi connectivity index (χ2n) is 4.95. The molecule has 1 atom stereocenters. The van der Waals surface area contributed by atoms with Crippen molar-refractivity contribution in [2.75, 3.05) is 24.6 Å². The van der Waals surface area contributed by atoms with Gasteiger partial charge < -0.3 is 10.6 Å². The molecule has 1 unspecified atom stereocenters. The number of hydrogen-bond donors (Lipinski definition) is 1. The molecule has 1 aliphatic rings. The molecule has 1 aromatic carbocycles. The van der Waals surface area contributed by atoms with Crippen molar-refractivity contribution in [2.45, 2.75) is 24.7 Å². The van der Waals surface area contributed by atoms with Gasteiger partial charge in [0.2, 0.25) is 5.91 Å². The highest BCUT2D eigenvalue weighted by atomic mass is 32.2. The molecule has 1 aliphatic heterocycles. The van der Waals surface area contributed by atoms with Crippen LogP contribution in [-0.2, 0) is 4.79 Å². The van der Waals surface area contributed by atoms with Gasteiger partial charge in [-0.1, -0.05) is 13.0 Å². The fourth-order valence-corrected chi connectivity index (χ4v) is 3.12. The standard InChI is InChI=1S/C14H20N2OS/c1-11-4-3-7-16(9-11)14(17)10-18-13-6-2-5-12(15)8-13/h2,5-6,8,11H,3-4,7,9-10,15H2,1H3. The minimum absolute atomic E-state index is 0.244. The van der Waals surface area contributed by atoms with Crippen molar-refractivity contribution in [2.24, 2.45) is 5.92 Å². The highest BCUT2D eigenvalue weighted by Crippen LogP contribution is 2.22. The molecule has 18 heavy (non-hydrogen) atoms. The van der Waals surface area contributed by atoms with Crippen LogP contribution in [-0.4, -0.2) is 29.6 Å². The average Bonchev–Trinajstić information content (AvgIpc) is 2.36. The molecule has 1 fully saturated rings. The smallest absolute Gasteiger partial charge is 0.232 e. The molecular formula is C14H20N2OS. The van der Waals surface area contributed by atoms with E-state index in [2.05, 4.69) is 6.92 Å². The number of carbonyl (C=O) groups excluding carboxylic acids is 1.